The molecule has 0 saturated carbocycles. The summed E-state index contributed by atoms with van der Waals surface area (Å²) in [5.41, 5.74) is 2.28. The Labute approximate surface area is 135 Å². The molecular weight excluding hydrogens is 296 g/mol. The average molecular weight is 318 g/mol. The molecule has 118 valence electrons. The Morgan fingerprint density at radius 3 is 2.91 bits per heavy atom. The molecule has 0 saturated heterocycles. The summed E-state index contributed by atoms with van der Waals surface area (Å²) in [6, 6.07) is 4.30. The molecule has 0 bridgehead atoms. The van der Waals surface area contributed by atoms with Crippen LogP contribution in [0.5, 0.6) is 5.88 Å². The number of rotatable bonds is 5. The van der Waals surface area contributed by atoms with E-state index in [2.05, 4.69) is 29.1 Å². The zero-order valence-electron chi connectivity index (χ0n) is 13.4. The number of nitrogens with zero attached hydrogens (tertiary/aromatic N) is 4. The Morgan fingerprint density at radius 2 is 2.23 bits per heavy atom. The third-order valence-electron chi connectivity index (χ3n) is 4.12. The summed E-state index contributed by atoms with van der Waals surface area (Å²) < 4.78 is 5.06. The fourth-order valence-corrected chi connectivity index (χ4v) is 4.18. The number of fused-ring (bicyclic) bond motifs is 1. The lowest BCUT2D eigenvalue weighted by Crippen LogP contribution is -2.27. The maximum Gasteiger partial charge on any atom is 0.233 e. The number of ether oxygens (including phenoxy) is 1. The lowest BCUT2D eigenvalue weighted by atomic mass is 9.97. The molecule has 22 heavy (non-hydrogen) atoms. The van der Waals surface area contributed by atoms with Gasteiger partial charge >= 0.3 is 0 Å². The van der Waals surface area contributed by atoms with Crippen LogP contribution in [0.1, 0.15) is 47.1 Å². The van der Waals surface area contributed by atoms with Gasteiger partial charge in [-0.1, -0.05) is 6.92 Å². The largest absolute Gasteiger partial charge is 0.480 e. The van der Waals surface area contributed by atoms with Crippen LogP contribution in [0.4, 0.5) is 0 Å². The van der Waals surface area contributed by atoms with Gasteiger partial charge in [0.2, 0.25) is 5.88 Å². The van der Waals surface area contributed by atoms with E-state index in [1.807, 2.05) is 23.5 Å². The van der Waals surface area contributed by atoms with Crippen LogP contribution in [0.2, 0.25) is 0 Å². The summed E-state index contributed by atoms with van der Waals surface area (Å²) in [6.07, 6.45) is 4.55. The van der Waals surface area contributed by atoms with E-state index < -0.39 is 0 Å². The molecule has 1 aliphatic carbocycles. The number of hydrogen-bond acceptors (Lipinski definition) is 6. The standard InChI is InChI=1S/C16H22N4OS/c1-4-15-17-12-6-5-7-13(16(12)22-15)20(2)10-11-8-9-14(21-3)19-18-11/h8-9,13H,4-7,10H2,1-3H3/t13-/m1/s1. The predicted molar refractivity (Wildman–Crippen MR) is 87.2 cm³/mol. The number of hydrogen-bond donors (Lipinski definition) is 0. The summed E-state index contributed by atoms with van der Waals surface area (Å²) in [4.78, 5) is 8.60. The quantitative estimate of drug-likeness (QED) is 0.848. The molecule has 2 aromatic rings. The van der Waals surface area contributed by atoms with E-state index in [9.17, 15) is 0 Å². The fourth-order valence-electron chi connectivity index (χ4n) is 2.93. The first-order chi connectivity index (χ1) is 10.7. The van der Waals surface area contributed by atoms with Gasteiger partial charge in [-0.3, -0.25) is 4.90 Å². The number of methoxy groups -OCH3 is 1. The van der Waals surface area contributed by atoms with E-state index in [0.29, 0.717) is 11.9 Å². The molecule has 1 atom stereocenters. The minimum atomic E-state index is 0.449. The highest BCUT2D eigenvalue weighted by molar-refractivity contribution is 7.11. The van der Waals surface area contributed by atoms with Crippen molar-refractivity contribution < 1.29 is 4.74 Å². The molecule has 0 N–H and O–H groups in total. The maximum atomic E-state index is 5.06. The first kappa shape index (κ1) is 15.4. The minimum absolute atomic E-state index is 0.449. The summed E-state index contributed by atoms with van der Waals surface area (Å²) in [7, 11) is 3.77. The Hall–Kier alpha value is -1.53. The molecular formula is C16H22N4OS. The molecule has 0 fully saturated rings. The van der Waals surface area contributed by atoms with Gasteiger partial charge in [-0.25, -0.2) is 4.98 Å². The Bertz CT molecular complexity index is 626. The van der Waals surface area contributed by atoms with Crippen LogP contribution in [-0.2, 0) is 19.4 Å². The highest BCUT2D eigenvalue weighted by atomic mass is 32.1. The van der Waals surface area contributed by atoms with Crippen molar-refractivity contribution in [3.63, 3.8) is 0 Å². The van der Waals surface area contributed by atoms with Gasteiger partial charge in [-0.05, 0) is 38.8 Å². The highest BCUT2D eigenvalue weighted by Gasteiger charge is 2.27. The molecule has 3 rings (SSSR count). The van der Waals surface area contributed by atoms with Gasteiger partial charge in [0.05, 0.1) is 23.5 Å². The molecule has 1 aliphatic rings. The first-order valence-corrected chi connectivity index (χ1v) is 8.58. The summed E-state index contributed by atoms with van der Waals surface area (Å²) in [5.74, 6) is 0.557. The van der Waals surface area contributed by atoms with Gasteiger partial charge in [0, 0.05) is 23.5 Å². The van der Waals surface area contributed by atoms with Crippen molar-refractivity contribution >= 4 is 11.3 Å². The topological polar surface area (TPSA) is 51.1 Å². The van der Waals surface area contributed by atoms with Crippen molar-refractivity contribution in [2.24, 2.45) is 0 Å². The van der Waals surface area contributed by atoms with Crippen LogP contribution in [0.15, 0.2) is 12.1 Å². The van der Waals surface area contributed by atoms with E-state index >= 15 is 0 Å². The van der Waals surface area contributed by atoms with Crippen molar-refractivity contribution in [1.29, 1.82) is 0 Å². The van der Waals surface area contributed by atoms with Crippen LogP contribution in [0.25, 0.3) is 0 Å². The first-order valence-electron chi connectivity index (χ1n) is 7.76. The number of aryl methyl sites for hydroxylation is 2. The Kier molecular flexibility index (Phi) is 4.69. The van der Waals surface area contributed by atoms with E-state index in [0.717, 1.165) is 25.1 Å². The summed E-state index contributed by atoms with van der Waals surface area (Å²) in [6.45, 7) is 2.97. The van der Waals surface area contributed by atoms with Crippen LogP contribution < -0.4 is 4.74 Å². The molecule has 0 spiro atoms. The average Bonchev–Trinajstić information content (AvgIpc) is 2.98. The second-order valence-electron chi connectivity index (χ2n) is 5.66. The van der Waals surface area contributed by atoms with E-state index in [1.54, 1.807) is 7.11 Å². The van der Waals surface area contributed by atoms with Crippen molar-refractivity contribution in [3.05, 3.63) is 33.4 Å². The lowest BCUT2D eigenvalue weighted by Gasteiger charge is -2.30. The fraction of sp³-hybridized carbons (Fsp3) is 0.562. The SMILES string of the molecule is CCc1nc2c(s1)[C@H](N(C)Cc1ccc(OC)nn1)CCC2. The predicted octanol–water partition coefficient (Wildman–Crippen LogP) is 3.01. The zero-order valence-corrected chi connectivity index (χ0v) is 14.2. The van der Waals surface area contributed by atoms with E-state index in [4.69, 9.17) is 9.72 Å². The maximum absolute atomic E-state index is 5.06. The molecule has 0 unspecified atom stereocenters. The smallest absolute Gasteiger partial charge is 0.233 e. The minimum Gasteiger partial charge on any atom is -0.480 e. The van der Waals surface area contributed by atoms with Crippen molar-refractivity contribution in [2.45, 2.75) is 45.2 Å². The van der Waals surface area contributed by atoms with Crippen LogP contribution in [0, 0.1) is 0 Å². The molecule has 5 nitrogen and oxygen atoms in total. The van der Waals surface area contributed by atoms with Gasteiger partial charge in [0.15, 0.2) is 0 Å². The normalized spacial score (nSPS) is 17.5. The third kappa shape index (κ3) is 3.13. The Balaban J connectivity index is 1.75. The van der Waals surface area contributed by atoms with Gasteiger partial charge in [-0.2, -0.15) is 5.10 Å². The zero-order chi connectivity index (χ0) is 15.5. The van der Waals surface area contributed by atoms with Crippen LogP contribution >= 0.6 is 11.3 Å². The van der Waals surface area contributed by atoms with Crippen molar-refractivity contribution in [2.75, 3.05) is 14.2 Å². The number of aromatic nitrogens is 3. The molecule has 2 aromatic heterocycles. The lowest BCUT2D eigenvalue weighted by molar-refractivity contribution is 0.213. The van der Waals surface area contributed by atoms with Crippen molar-refractivity contribution in [1.82, 2.24) is 20.1 Å². The summed E-state index contributed by atoms with van der Waals surface area (Å²) in [5, 5.41) is 9.54. The number of thiazole rings is 1. The van der Waals surface area contributed by atoms with Gasteiger partial charge < -0.3 is 4.74 Å². The van der Waals surface area contributed by atoms with E-state index in [1.165, 1.54) is 28.4 Å². The van der Waals surface area contributed by atoms with Gasteiger partial charge in [0.1, 0.15) is 0 Å². The van der Waals surface area contributed by atoms with Gasteiger partial charge in [0.25, 0.3) is 0 Å². The molecule has 0 aliphatic heterocycles. The monoisotopic (exact) mass is 318 g/mol. The van der Waals surface area contributed by atoms with Crippen molar-refractivity contribution in [3.8, 4) is 5.88 Å². The van der Waals surface area contributed by atoms with Crippen LogP contribution in [0.3, 0.4) is 0 Å². The molecule has 0 aromatic carbocycles. The second kappa shape index (κ2) is 6.71. The van der Waals surface area contributed by atoms with Gasteiger partial charge in [-0.15, -0.1) is 16.4 Å². The molecule has 0 amide bonds. The van der Waals surface area contributed by atoms with E-state index in [-0.39, 0.29) is 0 Å². The summed E-state index contributed by atoms with van der Waals surface area (Å²) >= 11 is 1.88. The molecule has 0 radical (unpaired) electrons. The van der Waals surface area contributed by atoms with Crippen LogP contribution in [-0.4, -0.2) is 34.2 Å². The molecule has 6 heteroatoms. The second-order valence-corrected chi connectivity index (χ2v) is 6.78. The molecule has 2 heterocycles. The Morgan fingerprint density at radius 1 is 1.36 bits per heavy atom. The highest BCUT2D eigenvalue weighted by Crippen LogP contribution is 2.38. The third-order valence-corrected chi connectivity index (χ3v) is 5.46.